The summed E-state index contributed by atoms with van der Waals surface area (Å²) in [5.41, 5.74) is 12.4. The van der Waals surface area contributed by atoms with Gasteiger partial charge in [0.25, 0.3) is 0 Å². The Kier molecular flexibility index (Phi) is 7.46. The van der Waals surface area contributed by atoms with E-state index in [4.69, 9.17) is 11.1 Å². The first-order valence-corrected chi connectivity index (χ1v) is 11.5. The molecular weight excluding hydrogens is 414 g/mol. The average molecular weight is 444 g/mol. The van der Waals surface area contributed by atoms with E-state index in [9.17, 15) is 0 Å². The Morgan fingerprint density at radius 1 is 0.853 bits per heavy atom. The fourth-order valence-electron chi connectivity index (χ4n) is 3.84. The third-order valence-electron chi connectivity index (χ3n) is 5.81. The molecule has 168 valence electrons. The van der Waals surface area contributed by atoms with Gasteiger partial charge in [0.2, 0.25) is 0 Å². The number of aliphatic imine (C=N–C) groups is 1. The zero-order valence-corrected chi connectivity index (χ0v) is 19.4. The van der Waals surface area contributed by atoms with Crippen molar-refractivity contribution in [3.8, 4) is 22.3 Å². The van der Waals surface area contributed by atoms with Crippen molar-refractivity contribution in [2.45, 2.75) is 13.3 Å². The molecule has 3 heteroatoms. The molecule has 0 saturated carbocycles. The molecule has 0 heterocycles. The van der Waals surface area contributed by atoms with Crippen LogP contribution in [0, 0.1) is 11.3 Å². The summed E-state index contributed by atoms with van der Waals surface area (Å²) in [5.74, 6) is 0.895. The minimum Gasteiger partial charge on any atom is -0.383 e. The fraction of sp³-hybridized carbons (Fsp3) is 0.0968. The second-order valence-corrected chi connectivity index (χ2v) is 8.20. The second-order valence-electron chi connectivity index (χ2n) is 8.20. The van der Waals surface area contributed by atoms with Crippen molar-refractivity contribution in [2.75, 3.05) is 0 Å². The lowest BCUT2D eigenvalue weighted by Gasteiger charge is -2.12. The zero-order chi connectivity index (χ0) is 23.8. The van der Waals surface area contributed by atoms with Gasteiger partial charge in [-0.2, -0.15) is 0 Å². The number of hydrogen-bond acceptors (Lipinski definition) is 1. The van der Waals surface area contributed by atoms with Gasteiger partial charge in [-0.25, -0.2) is 4.99 Å². The molecule has 0 aliphatic heterocycles. The molecule has 3 aromatic carbocycles. The van der Waals surface area contributed by atoms with E-state index in [0.29, 0.717) is 11.8 Å². The Bertz CT molecular complexity index is 1270. The summed E-state index contributed by atoms with van der Waals surface area (Å²) in [4.78, 5) is 4.35. The monoisotopic (exact) mass is 443 g/mol. The first kappa shape index (κ1) is 22.9. The highest BCUT2D eigenvalue weighted by molar-refractivity contribution is 6.10. The van der Waals surface area contributed by atoms with Gasteiger partial charge >= 0.3 is 0 Å². The van der Waals surface area contributed by atoms with Gasteiger partial charge in [-0.15, -0.1) is 0 Å². The topological polar surface area (TPSA) is 62.2 Å². The van der Waals surface area contributed by atoms with Crippen LogP contribution in [0.1, 0.15) is 18.9 Å². The molecule has 1 atom stereocenters. The van der Waals surface area contributed by atoms with Crippen LogP contribution in [0.2, 0.25) is 0 Å². The Balaban J connectivity index is 1.41. The number of nitrogens with one attached hydrogen (secondary N) is 1. The van der Waals surface area contributed by atoms with Crippen LogP contribution in [-0.2, 0) is 0 Å². The average Bonchev–Trinajstić information content (AvgIpc) is 2.90. The molecule has 1 unspecified atom stereocenters. The third kappa shape index (κ3) is 5.76. The predicted molar refractivity (Wildman–Crippen MR) is 145 cm³/mol. The lowest BCUT2D eigenvalue weighted by Crippen LogP contribution is -2.18. The Morgan fingerprint density at radius 3 is 2.00 bits per heavy atom. The molecule has 34 heavy (non-hydrogen) atoms. The normalized spacial score (nSPS) is 16.2. The van der Waals surface area contributed by atoms with E-state index in [-0.39, 0.29) is 5.84 Å². The third-order valence-corrected chi connectivity index (χ3v) is 5.81. The number of amidine groups is 2. The fourth-order valence-corrected chi connectivity index (χ4v) is 3.84. The number of benzene rings is 3. The highest BCUT2D eigenvalue weighted by Crippen LogP contribution is 2.25. The van der Waals surface area contributed by atoms with E-state index < -0.39 is 0 Å². The Hall–Kier alpha value is -4.24. The van der Waals surface area contributed by atoms with Crippen molar-refractivity contribution in [3.63, 3.8) is 0 Å². The molecule has 1 aliphatic rings. The van der Waals surface area contributed by atoms with Gasteiger partial charge in [0, 0.05) is 11.1 Å². The molecule has 1 aliphatic carbocycles. The number of hydrogen-bond donors (Lipinski definition) is 2. The smallest absolute Gasteiger partial charge is 0.154 e. The first-order valence-electron chi connectivity index (χ1n) is 11.5. The van der Waals surface area contributed by atoms with E-state index in [1.54, 1.807) is 0 Å². The maximum absolute atomic E-state index is 8.39. The van der Waals surface area contributed by atoms with Crippen LogP contribution in [-0.4, -0.2) is 11.7 Å². The molecular formula is C31H29N3. The van der Waals surface area contributed by atoms with Crippen LogP contribution in [0.5, 0.6) is 0 Å². The molecule has 0 radical (unpaired) electrons. The largest absolute Gasteiger partial charge is 0.383 e. The van der Waals surface area contributed by atoms with Crippen LogP contribution >= 0.6 is 0 Å². The second kappa shape index (κ2) is 11.1. The molecule has 3 N–H and O–H groups in total. The van der Waals surface area contributed by atoms with Crippen LogP contribution < -0.4 is 5.73 Å². The maximum atomic E-state index is 8.39. The van der Waals surface area contributed by atoms with Crippen molar-refractivity contribution < 1.29 is 0 Å². The standard InChI is InChI=1S/C31H29N3/c1-2-3-5-8-23-11-13-28(14-12-23)30(32)34-31(33)29-21-19-27(20-22-29)26-17-15-25(16-18-26)24-9-6-4-7-10-24/h2-11,13-23H,12H2,1H3,(H3,32,33,34)/b3-2-,8-5-. The summed E-state index contributed by atoms with van der Waals surface area (Å²) >= 11 is 0. The van der Waals surface area contributed by atoms with Crippen molar-refractivity contribution in [1.82, 2.24) is 0 Å². The summed E-state index contributed by atoms with van der Waals surface area (Å²) in [6.07, 6.45) is 15.3. The number of rotatable bonds is 6. The van der Waals surface area contributed by atoms with Crippen LogP contribution in [0.3, 0.4) is 0 Å². The highest BCUT2D eigenvalue weighted by Gasteiger charge is 2.10. The maximum Gasteiger partial charge on any atom is 0.154 e. The van der Waals surface area contributed by atoms with Gasteiger partial charge in [0.1, 0.15) is 5.84 Å². The first-order chi connectivity index (χ1) is 16.6. The summed E-state index contributed by atoms with van der Waals surface area (Å²) < 4.78 is 0. The van der Waals surface area contributed by atoms with E-state index in [0.717, 1.165) is 28.7 Å². The van der Waals surface area contributed by atoms with Crippen LogP contribution in [0.25, 0.3) is 22.3 Å². The summed E-state index contributed by atoms with van der Waals surface area (Å²) in [7, 11) is 0. The van der Waals surface area contributed by atoms with Gasteiger partial charge in [-0.3, -0.25) is 5.41 Å². The summed E-state index contributed by atoms with van der Waals surface area (Å²) in [6.45, 7) is 2.00. The SMILES string of the molecule is C/C=C\C=C/C1C=CC(/C(N)=N/C(=N)c2ccc(-c3ccc(-c4ccccc4)cc3)cc2)=CC1. The molecule has 0 saturated heterocycles. The van der Waals surface area contributed by atoms with Crippen molar-refractivity contribution in [2.24, 2.45) is 16.6 Å². The van der Waals surface area contributed by atoms with Crippen LogP contribution in [0.15, 0.2) is 132 Å². The van der Waals surface area contributed by atoms with Gasteiger partial charge in [0.05, 0.1) is 0 Å². The van der Waals surface area contributed by atoms with E-state index in [1.807, 2.05) is 67.6 Å². The quantitative estimate of drug-likeness (QED) is 0.234. The minimum absolute atomic E-state index is 0.160. The molecule has 0 aromatic heterocycles. The molecule has 0 spiro atoms. The lowest BCUT2D eigenvalue weighted by atomic mass is 9.96. The number of allylic oxidation sites excluding steroid dienone is 6. The number of nitrogens with two attached hydrogens (primary N) is 1. The molecule has 3 aromatic rings. The Morgan fingerprint density at radius 2 is 1.44 bits per heavy atom. The molecule has 0 bridgehead atoms. The lowest BCUT2D eigenvalue weighted by molar-refractivity contribution is 0.818. The Labute approximate surface area is 201 Å². The molecule has 4 rings (SSSR count). The van der Waals surface area contributed by atoms with E-state index in [2.05, 4.69) is 65.7 Å². The predicted octanol–water partition coefficient (Wildman–Crippen LogP) is 7.34. The molecule has 3 nitrogen and oxygen atoms in total. The van der Waals surface area contributed by atoms with Gasteiger partial charge < -0.3 is 5.73 Å². The van der Waals surface area contributed by atoms with Gasteiger partial charge in [0.15, 0.2) is 5.84 Å². The van der Waals surface area contributed by atoms with Gasteiger partial charge in [-0.1, -0.05) is 121 Å². The van der Waals surface area contributed by atoms with E-state index >= 15 is 0 Å². The van der Waals surface area contributed by atoms with Crippen molar-refractivity contribution in [1.29, 1.82) is 5.41 Å². The summed E-state index contributed by atoms with van der Waals surface area (Å²) in [6, 6.07) is 26.8. The van der Waals surface area contributed by atoms with Crippen LogP contribution in [0.4, 0.5) is 0 Å². The van der Waals surface area contributed by atoms with Crippen molar-refractivity contribution in [3.05, 3.63) is 133 Å². The summed E-state index contributed by atoms with van der Waals surface area (Å²) in [5, 5.41) is 8.39. The highest BCUT2D eigenvalue weighted by atomic mass is 14.9. The minimum atomic E-state index is 0.160. The van der Waals surface area contributed by atoms with E-state index in [1.165, 1.54) is 11.1 Å². The zero-order valence-electron chi connectivity index (χ0n) is 19.4. The number of nitrogens with zero attached hydrogens (tertiary/aromatic N) is 1. The van der Waals surface area contributed by atoms with Crippen molar-refractivity contribution >= 4 is 11.7 Å². The molecule has 0 amide bonds. The molecule has 0 fully saturated rings. The van der Waals surface area contributed by atoms with Gasteiger partial charge in [-0.05, 0) is 41.5 Å².